The zero-order chi connectivity index (χ0) is 16.1. The molecule has 0 N–H and O–H groups in total. The van der Waals surface area contributed by atoms with Gasteiger partial charge in [0.1, 0.15) is 23.9 Å². The highest BCUT2D eigenvalue weighted by Crippen LogP contribution is 2.16. The van der Waals surface area contributed by atoms with Gasteiger partial charge in [-0.15, -0.1) is 0 Å². The van der Waals surface area contributed by atoms with Gasteiger partial charge < -0.3 is 19.1 Å². The number of aliphatic carboxylic acids is 1. The van der Waals surface area contributed by atoms with Crippen LogP contribution in [0.2, 0.25) is 0 Å². The zero-order valence-electron chi connectivity index (χ0n) is 12.3. The molecule has 2 aromatic rings. The van der Waals surface area contributed by atoms with Crippen LogP contribution in [-0.4, -0.2) is 18.4 Å². The number of benzene rings is 1. The fraction of sp³-hybridized carbons (Fsp3) is 0.176. The molecule has 0 saturated carbocycles. The highest BCUT2D eigenvalue weighted by Gasteiger charge is 2.10. The number of furan rings is 1. The highest BCUT2D eigenvalue weighted by molar-refractivity contribution is 6.07. The molecule has 0 fully saturated rings. The second-order valence-electron chi connectivity index (χ2n) is 4.75. The van der Waals surface area contributed by atoms with Gasteiger partial charge in [-0.2, -0.15) is 0 Å². The monoisotopic (exact) mass is 299 g/mol. The molecule has 1 aromatic heterocycles. The van der Waals surface area contributed by atoms with E-state index < -0.39 is 12.6 Å². The lowest BCUT2D eigenvalue weighted by atomic mass is 10.1. The third-order valence-electron chi connectivity index (χ3n) is 2.97. The normalized spacial score (nSPS) is 10.8. The molecular weight excluding hydrogens is 284 g/mol. The van der Waals surface area contributed by atoms with Gasteiger partial charge >= 0.3 is 0 Å². The Balaban J connectivity index is 2.02. The number of carbonyl (C=O) groups excluding carboxylic acids is 2. The van der Waals surface area contributed by atoms with Gasteiger partial charge in [0.25, 0.3) is 0 Å². The van der Waals surface area contributed by atoms with E-state index in [4.69, 9.17) is 9.15 Å². The zero-order valence-corrected chi connectivity index (χ0v) is 12.3. The van der Waals surface area contributed by atoms with E-state index >= 15 is 0 Å². The first-order chi connectivity index (χ1) is 10.5. The fourth-order valence-electron chi connectivity index (χ4n) is 1.95. The third-order valence-corrected chi connectivity index (χ3v) is 2.97. The van der Waals surface area contributed by atoms with Crippen molar-refractivity contribution in [2.24, 2.45) is 0 Å². The number of hydrogen-bond acceptors (Lipinski definition) is 5. The number of carbonyl (C=O) groups is 2. The number of carboxylic acid groups (broad SMARTS) is 1. The minimum atomic E-state index is -1.28. The number of aryl methyl sites for hydroxylation is 2. The summed E-state index contributed by atoms with van der Waals surface area (Å²) in [5.74, 6) is 0.308. The van der Waals surface area contributed by atoms with E-state index in [1.807, 2.05) is 0 Å². The Morgan fingerprint density at radius 1 is 1.23 bits per heavy atom. The first kappa shape index (κ1) is 15.6. The predicted octanol–water partition coefficient (Wildman–Crippen LogP) is 1.92. The van der Waals surface area contributed by atoms with Crippen molar-refractivity contribution in [3.8, 4) is 5.75 Å². The lowest BCUT2D eigenvalue weighted by Crippen LogP contribution is -2.28. The van der Waals surface area contributed by atoms with E-state index in [2.05, 4.69) is 0 Å². The maximum absolute atomic E-state index is 12.1. The van der Waals surface area contributed by atoms with Crippen molar-refractivity contribution < 1.29 is 23.8 Å². The van der Waals surface area contributed by atoms with E-state index in [-0.39, 0.29) is 5.78 Å². The maximum atomic E-state index is 12.1. The summed E-state index contributed by atoms with van der Waals surface area (Å²) in [6, 6.07) is 8.41. The predicted molar refractivity (Wildman–Crippen MR) is 78.5 cm³/mol. The standard InChI is InChI=1S/C17H16O5/c1-11-9-15(12(2)22-11)16(18)8-5-13-3-6-14(7-4-13)21-10-17(19)20/h3-9H,10H2,1-2H3,(H,19,20)/p-1/b8-5+. The summed E-state index contributed by atoms with van der Waals surface area (Å²) in [5, 5.41) is 10.3. The van der Waals surface area contributed by atoms with Crippen LogP contribution in [0.3, 0.4) is 0 Å². The summed E-state index contributed by atoms with van der Waals surface area (Å²) >= 11 is 0. The molecule has 5 heteroatoms. The van der Waals surface area contributed by atoms with Crippen LogP contribution in [0.1, 0.15) is 27.4 Å². The van der Waals surface area contributed by atoms with Gasteiger partial charge in [-0.3, -0.25) is 4.79 Å². The molecular formula is C17H15O5-. The molecule has 0 bridgehead atoms. The first-order valence-corrected chi connectivity index (χ1v) is 6.68. The van der Waals surface area contributed by atoms with Crippen LogP contribution in [0.5, 0.6) is 5.75 Å². The van der Waals surface area contributed by atoms with Crippen molar-refractivity contribution in [1.29, 1.82) is 0 Å². The summed E-state index contributed by atoms with van der Waals surface area (Å²) in [6.07, 6.45) is 3.14. The van der Waals surface area contributed by atoms with Gasteiger partial charge in [0, 0.05) is 0 Å². The molecule has 0 aliphatic carbocycles. The first-order valence-electron chi connectivity index (χ1n) is 6.68. The second-order valence-corrected chi connectivity index (χ2v) is 4.75. The van der Waals surface area contributed by atoms with Crippen molar-refractivity contribution in [2.75, 3.05) is 6.61 Å². The largest absolute Gasteiger partial charge is 0.546 e. The van der Waals surface area contributed by atoms with Crippen molar-refractivity contribution in [1.82, 2.24) is 0 Å². The van der Waals surface area contributed by atoms with Crippen LogP contribution in [0, 0.1) is 13.8 Å². The Morgan fingerprint density at radius 3 is 2.45 bits per heavy atom. The van der Waals surface area contributed by atoms with E-state index in [0.29, 0.717) is 22.8 Å². The van der Waals surface area contributed by atoms with Gasteiger partial charge in [0.05, 0.1) is 11.5 Å². The second kappa shape index (κ2) is 6.76. The molecule has 0 aliphatic heterocycles. The summed E-state index contributed by atoms with van der Waals surface area (Å²) in [7, 11) is 0. The molecule has 0 atom stereocenters. The summed E-state index contributed by atoms with van der Waals surface area (Å²) in [5.41, 5.74) is 1.34. The summed E-state index contributed by atoms with van der Waals surface area (Å²) in [4.78, 5) is 22.3. The topological polar surface area (TPSA) is 79.6 Å². The molecule has 0 spiro atoms. The van der Waals surface area contributed by atoms with Gasteiger partial charge in [0.2, 0.25) is 0 Å². The molecule has 22 heavy (non-hydrogen) atoms. The molecule has 114 valence electrons. The van der Waals surface area contributed by atoms with Crippen LogP contribution >= 0.6 is 0 Å². The maximum Gasteiger partial charge on any atom is 0.189 e. The fourth-order valence-corrected chi connectivity index (χ4v) is 1.95. The average molecular weight is 299 g/mol. The van der Waals surface area contributed by atoms with Crippen LogP contribution in [0.15, 0.2) is 40.8 Å². The molecule has 5 nitrogen and oxygen atoms in total. The lowest BCUT2D eigenvalue weighted by molar-refractivity contribution is -0.307. The quantitative estimate of drug-likeness (QED) is 0.601. The number of ketones is 1. The van der Waals surface area contributed by atoms with Crippen molar-refractivity contribution >= 4 is 17.8 Å². The Kier molecular flexibility index (Phi) is 4.78. The molecule has 1 heterocycles. The Hall–Kier alpha value is -2.82. The van der Waals surface area contributed by atoms with E-state index in [1.165, 1.54) is 6.08 Å². The number of allylic oxidation sites excluding steroid dienone is 1. The van der Waals surface area contributed by atoms with Crippen molar-refractivity contribution in [2.45, 2.75) is 13.8 Å². The van der Waals surface area contributed by atoms with Gasteiger partial charge in [-0.1, -0.05) is 18.2 Å². The molecule has 0 unspecified atom stereocenters. The molecule has 0 aliphatic rings. The third kappa shape index (κ3) is 4.09. The smallest absolute Gasteiger partial charge is 0.189 e. The van der Waals surface area contributed by atoms with Crippen LogP contribution in [0.4, 0.5) is 0 Å². The van der Waals surface area contributed by atoms with Gasteiger partial charge in [-0.25, -0.2) is 0 Å². The average Bonchev–Trinajstić information content (AvgIpc) is 2.82. The molecule has 2 rings (SSSR count). The highest BCUT2D eigenvalue weighted by atomic mass is 16.5. The lowest BCUT2D eigenvalue weighted by Gasteiger charge is -2.06. The Labute approximate surface area is 127 Å². The van der Waals surface area contributed by atoms with E-state index in [0.717, 1.165) is 5.56 Å². The number of carboxylic acids is 1. The van der Waals surface area contributed by atoms with Crippen molar-refractivity contribution in [3.05, 3.63) is 59.1 Å². The van der Waals surface area contributed by atoms with E-state index in [9.17, 15) is 14.7 Å². The van der Waals surface area contributed by atoms with Gasteiger partial charge in [0.15, 0.2) is 5.78 Å². The minimum absolute atomic E-state index is 0.133. The Bertz CT molecular complexity index is 707. The van der Waals surface area contributed by atoms with Crippen molar-refractivity contribution in [3.63, 3.8) is 0 Å². The summed E-state index contributed by atoms with van der Waals surface area (Å²) in [6.45, 7) is 3.04. The van der Waals surface area contributed by atoms with Crippen LogP contribution in [-0.2, 0) is 4.79 Å². The van der Waals surface area contributed by atoms with Crippen LogP contribution < -0.4 is 9.84 Å². The number of ether oxygens (including phenoxy) is 1. The molecule has 0 saturated heterocycles. The van der Waals surface area contributed by atoms with Gasteiger partial charge in [-0.05, 0) is 43.7 Å². The number of rotatable bonds is 6. The SMILES string of the molecule is Cc1cc(C(=O)/C=C/c2ccc(OCC(=O)[O-])cc2)c(C)o1. The Morgan fingerprint density at radius 2 is 1.91 bits per heavy atom. The minimum Gasteiger partial charge on any atom is -0.546 e. The molecule has 0 amide bonds. The molecule has 0 radical (unpaired) electrons. The number of hydrogen-bond donors (Lipinski definition) is 0. The molecule has 1 aromatic carbocycles. The van der Waals surface area contributed by atoms with Crippen LogP contribution in [0.25, 0.3) is 6.08 Å². The summed E-state index contributed by atoms with van der Waals surface area (Å²) < 4.78 is 10.3. The van der Waals surface area contributed by atoms with E-state index in [1.54, 1.807) is 50.3 Å².